The second-order valence-corrected chi connectivity index (χ2v) is 9.76. The molecule has 37 heavy (non-hydrogen) atoms. The lowest BCUT2D eigenvalue weighted by Gasteiger charge is -2.34. The molecular formula is C33H34N2O2. The van der Waals surface area contributed by atoms with E-state index in [1.807, 2.05) is 93.9 Å². The summed E-state index contributed by atoms with van der Waals surface area (Å²) in [5, 5.41) is 13.8. The molecule has 0 saturated carbocycles. The quantitative estimate of drug-likeness (QED) is 0.432. The molecule has 3 heterocycles. The number of aliphatic hydroxyl groups is 1. The van der Waals surface area contributed by atoms with Crippen molar-refractivity contribution >= 4 is 16.6 Å². The summed E-state index contributed by atoms with van der Waals surface area (Å²) >= 11 is 0. The van der Waals surface area contributed by atoms with Crippen LogP contribution in [0.15, 0.2) is 124 Å². The zero-order valence-corrected chi connectivity index (χ0v) is 22.0. The van der Waals surface area contributed by atoms with Gasteiger partial charge in [0.25, 0.3) is 0 Å². The van der Waals surface area contributed by atoms with Crippen LogP contribution in [0.1, 0.15) is 47.2 Å². The van der Waals surface area contributed by atoms with Gasteiger partial charge in [0.05, 0.1) is 0 Å². The minimum atomic E-state index is -1.46. The lowest BCUT2D eigenvalue weighted by Crippen LogP contribution is -2.32. The van der Waals surface area contributed by atoms with Crippen LogP contribution in [0.2, 0.25) is 0 Å². The van der Waals surface area contributed by atoms with Gasteiger partial charge in [-0.05, 0) is 74.6 Å². The number of H-pyrrole nitrogens is 1. The molecule has 5 rings (SSSR count). The van der Waals surface area contributed by atoms with Gasteiger partial charge < -0.3 is 14.8 Å². The molecule has 0 aromatic carbocycles. The van der Waals surface area contributed by atoms with E-state index >= 15 is 0 Å². The van der Waals surface area contributed by atoms with Crippen LogP contribution in [0.25, 0.3) is 16.6 Å². The average Bonchev–Trinajstić information content (AvgIpc) is 3.17. The smallest absolute Gasteiger partial charge is 0.143 e. The SMILES string of the molecule is CC1=C=CC=CC=C1C(O)(C1=C/C=C/C=C\C=C\1C)c1c[nH]c2ncc(C3=C(C)OCC(C)=C3C)cc12.[HH]. The molecule has 0 amide bonds. The standard InChI is InChI=1S/C33H32N2O2.H2/c1-21-13-9-6-7-11-15-28(21)33(36,29-16-12-8-10-14-22(29)2)30-19-35-32-27(30)17-26(18-34-32)31-24(4)23(3)20-37-25(31)5;/h6-13,15-19,36H,20H2,1-5H3,(H,34,35);1H/b7-6?,9-6-,11-7+,13-9?,15-11?,21-13+,28-15+,28-21?;. The van der Waals surface area contributed by atoms with Gasteiger partial charge in [0.15, 0.2) is 0 Å². The largest absolute Gasteiger partial charge is 0.493 e. The van der Waals surface area contributed by atoms with Crippen molar-refractivity contribution in [2.75, 3.05) is 6.61 Å². The maximum atomic E-state index is 12.9. The van der Waals surface area contributed by atoms with Gasteiger partial charge in [-0.15, -0.1) is 5.73 Å². The van der Waals surface area contributed by atoms with Crippen LogP contribution in [0.4, 0.5) is 0 Å². The van der Waals surface area contributed by atoms with Gasteiger partial charge in [0, 0.05) is 41.5 Å². The Balaban J connectivity index is 0.00000336. The van der Waals surface area contributed by atoms with Crippen molar-refractivity contribution in [1.82, 2.24) is 9.97 Å². The molecule has 0 radical (unpaired) electrons. The molecule has 2 aliphatic carbocycles. The molecule has 0 spiro atoms. The van der Waals surface area contributed by atoms with E-state index in [1.165, 1.54) is 11.1 Å². The van der Waals surface area contributed by atoms with Crippen molar-refractivity contribution in [3.05, 3.63) is 135 Å². The normalized spacial score (nSPS) is 24.1. The molecule has 188 valence electrons. The number of aromatic nitrogens is 2. The molecule has 4 heteroatoms. The third-order valence-corrected chi connectivity index (χ3v) is 7.40. The summed E-state index contributed by atoms with van der Waals surface area (Å²) in [7, 11) is 0. The fourth-order valence-corrected chi connectivity index (χ4v) is 5.25. The fourth-order valence-electron chi connectivity index (χ4n) is 5.25. The number of fused-ring (bicyclic) bond motifs is 1. The van der Waals surface area contributed by atoms with Gasteiger partial charge in [0.2, 0.25) is 0 Å². The zero-order valence-electron chi connectivity index (χ0n) is 22.0. The molecule has 0 fully saturated rings. The Morgan fingerprint density at radius 1 is 0.973 bits per heavy atom. The maximum Gasteiger partial charge on any atom is 0.143 e. The van der Waals surface area contributed by atoms with E-state index in [4.69, 9.17) is 9.72 Å². The molecule has 1 unspecified atom stereocenters. The Morgan fingerprint density at radius 3 is 2.51 bits per heavy atom. The first kappa shape index (κ1) is 24.6. The van der Waals surface area contributed by atoms with Crippen molar-refractivity contribution in [2.45, 2.75) is 40.2 Å². The molecule has 1 atom stereocenters. The number of ether oxygens (including phenoxy) is 1. The first-order valence-electron chi connectivity index (χ1n) is 12.6. The number of nitrogens with zero attached hydrogens (tertiary/aromatic N) is 1. The third kappa shape index (κ3) is 4.25. The van der Waals surface area contributed by atoms with Crippen LogP contribution >= 0.6 is 0 Å². The summed E-state index contributed by atoms with van der Waals surface area (Å²) in [6, 6.07) is 2.11. The van der Waals surface area contributed by atoms with Crippen molar-refractivity contribution in [3.63, 3.8) is 0 Å². The van der Waals surface area contributed by atoms with E-state index in [0.717, 1.165) is 55.8 Å². The fraction of sp³-hybridized carbons (Fsp3) is 0.212. The molecule has 2 N–H and O–H groups in total. The van der Waals surface area contributed by atoms with Gasteiger partial charge in [-0.3, -0.25) is 0 Å². The summed E-state index contributed by atoms with van der Waals surface area (Å²) in [5.74, 6) is 0.885. The molecule has 2 aromatic rings. The molecular weight excluding hydrogens is 456 g/mol. The topological polar surface area (TPSA) is 58.1 Å². The Bertz CT molecular complexity index is 1610. The van der Waals surface area contributed by atoms with Crippen LogP contribution < -0.4 is 0 Å². The number of rotatable bonds is 4. The summed E-state index contributed by atoms with van der Waals surface area (Å²) in [6.07, 6.45) is 23.4. The van der Waals surface area contributed by atoms with Crippen LogP contribution in [0.3, 0.4) is 0 Å². The molecule has 4 nitrogen and oxygen atoms in total. The number of pyridine rings is 1. The number of hydrogen-bond donors (Lipinski definition) is 2. The number of allylic oxidation sites excluding steroid dienone is 12. The van der Waals surface area contributed by atoms with Gasteiger partial charge in [-0.2, -0.15) is 0 Å². The van der Waals surface area contributed by atoms with Crippen LogP contribution in [0.5, 0.6) is 0 Å². The summed E-state index contributed by atoms with van der Waals surface area (Å²) in [6.45, 7) is 10.9. The van der Waals surface area contributed by atoms with Crippen molar-refractivity contribution in [2.24, 2.45) is 0 Å². The van der Waals surface area contributed by atoms with E-state index in [0.29, 0.717) is 6.61 Å². The van der Waals surface area contributed by atoms with E-state index in [9.17, 15) is 5.11 Å². The molecule has 0 bridgehead atoms. The number of hydrogen-bond acceptors (Lipinski definition) is 3. The van der Waals surface area contributed by atoms with Crippen molar-refractivity contribution in [1.29, 1.82) is 0 Å². The molecule has 1 aliphatic heterocycles. The Labute approximate surface area is 220 Å². The highest BCUT2D eigenvalue weighted by atomic mass is 16.5. The Hall–Kier alpha value is -4.11. The van der Waals surface area contributed by atoms with E-state index in [2.05, 4.69) is 30.6 Å². The first-order valence-corrected chi connectivity index (χ1v) is 12.6. The van der Waals surface area contributed by atoms with Gasteiger partial charge in [-0.1, -0.05) is 54.7 Å². The highest BCUT2D eigenvalue weighted by molar-refractivity contribution is 5.90. The summed E-state index contributed by atoms with van der Waals surface area (Å²) < 4.78 is 5.95. The summed E-state index contributed by atoms with van der Waals surface area (Å²) in [4.78, 5) is 8.08. The van der Waals surface area contributed by atoms with Crippen LogP contribution in [0, 0.1) is 0 Å². The van der Waals surface area contributed by atoms with Gasteiger partial charge in [0.1, 0.15) is 23.6 Å². The highest BCUT2D eigenvalue weighted by Crippen LogP contribution is 2.46. The first-order chi connectivity index (χ1) is 17.8. The second kappa shape index (κ2) is 9.74. The highest BCUT2D eigenvalue weighted by Gasteiger charge is 2.41. The summed E-state index contributed by atoms with van der Waals surface area (Å²) in [5.41, 5.74) is 11.2. The Morgan fingerprint density at radius 2 is 1.70 bits per heavy atom. The number of nitrogens with one attached hydrogen (secondary N) is 1. The predicted molar refractivity (Wildman–Crippen MR) is 154 cm³/mol. The molecule has 3 aliphatic rings. The maximum absolute atomic E-state index is 12.9. The third-order valence-electron chi connectivity index (χ3n) is 7.40. The minimum absolute atomic E-state index is 0. The number of aromatic amines is 1. The van der Waals surface area contributed by atoms with Crippen LogP contribution in [-0.2, 0) is 10.3 Å². The zero-order chi connectivity index (χ0) is 26.2. The van der Waals surface area contributed by atoms with E-state index in [-0.39, 0.29) is 1.43 Å². The predicted octanol–water partition coefficient (Wildman–Crippen LogP) is 7.69. The van der Waals surface area contributed by atoms with E-state index in [1.54, 1.807) is 0 Å². The second-order valence-electron chi connectivity index (χ2n) is 9.76. The lowest BCUT2D eigenvalue weighted by molar-refractivity contribution is 0.122. The van der Waals surface area contributed by atoms with E-state index < -0.39 is 5.60 Å². The van der Waals surface area contributed by atoms with Gasteiger partial charge in [-0.25, -0.2) is 4.98 Å². The Kier molecular flexibility index (Phi) is 6.47. The monoisotopic (exact) mass is 490 g/mol. The average molecular weight is 491 g/mol. The lowest BCUT2D eigenvalue weighted by atomic mass is 9.74. The molecule has 0 saturated heterocycles. The van der Waals surface area contributed by atoms with Crippen LogP contribution in [-0.4, -0.2) is 21.7 Å². The minimum Gasteiger partial charge on any atom is -0.493 e. The van der Waals surface area contributed by atoms with Crippen molar-refractivity contribution in [3.8, 4) is 0 Å². The van der Waals surface area contributed by atoms with Gasteiger partial charge >= 0.3 is 0 Å². The van der Waals surface area contributed by atoms with Crippen molar-refractivity contribution < 1.29 is 11.3 Å². The molecule has 2 aromatic heterocycles.